The van der Waals surface area contributed by atoms with E-state index in [-0.39, 0.29) is 6.04 Å². The van der Waals surface area contributed by atoms with E-state index < -0.39 is 23.3 Å². The molecule has 0 atom stereocenters. The fourth-order valence-corrected chi connectivity index (χ4v) is 2.13. The molecule has 1 aliphatic rings. The maximum atomic E-state index is 12.8. The van der Waals surface area contributed by atoms with Crippen LogP contribution in [0.15, 0.2) is 30.9 Å². The largest absolute Gasteiger partial charge is 0.478 e. The fourth-order valence-electron chi connectivity index (χ4n) is 2.13. The number of benzene rings is 1. The second-order valence-electron chi connectivity index (χ2n) is 4.71. The topological polar surface area (TPSA) is 40.5 Å². The smallest absolute Gasteiger partial charge is 0.417 e. The van der Waals surface area contributed by atoms with E-state index in [1.54, 1.807) is 6.08 Å². The molecule has 108 valence electrons. The van der Waals surface area contributed by atoms with Crippen LogP contribution in [0.25, 0.3) is 0 Å². The van der Waals surface area contributed by atoms with Crippen molar-refractivity contribution in [2.24, 2.45) is 0 Å². The normalized spacial score (nSPS) is 14.9. The summed E-state index contributed by atoms with van der Waals surface area (Å²) in [6.07, 6.45) is -1.11. The van der Waals surface area contributed by atoms with Crippen LogP contribution in [0.3, 0.4) is 0 Å². The molecule has 1 N–H and O–H groups in total. The van der Waals surface area contributed by atoms with Gasteiger partial charge >= 0.3 is 12.1 Å². The van der Waals surface area contributed by atoms with E-state index >= 15 is 0 Å². The molecule has 0 aromatic heterocycles. The van der Waals surface area contributed by atoms with Gasteiger partial charge in [0.1, 0.15) is 0 Å². The molecule has 2 rings (SSSR count). The van der Waals surface area contributed by atoms with Crippen molar-refractivity contribution in [1.29, 1.82) is 0 Å². The van der Waals surface area contributed by atoms with Crippen molar-refractivity contribution in [3.8, 4) is 0 Å². The molecule has 0 bridgehead atoms. The second kappa shape index (κ2) is 5.19. The van der Waals surface area contributed by atoms with Crippen LogP contribution in [0.1, 0.15) is 28.8 Å². The third kappa shape index (κ3) is 2.95. The van der Waals surface area contributed by atoms with Crippen molar-refractivity contribution in [1.82, 2.24) is 0 Å². The maximum absolute atomic E-state index is 12.8. The highest BCUT2D eigenvalue weighted by Crippen LogP contribution is 2.36. The third-order valence-electron chi connectivity index (χ3n) is 3.18. The van der Waals surface area contributed by atoms with Gasteiger partial charge in [0.05, 0.1) is 11.1 Å². The molecule has 1 saturated carbocycles. The summed E-state index contributed by atoms with van der Waals surface area (Å²) in [5, 5.41) is 8.98. The van der Waals surface area contributed by atoms with Crippen molar-refractivity contribution >= 4 is 11.7 Å². The number of hydrogen-bond donors (Lipinski definition) is 1. The van der Waals surface area contributed by atoms with Crippen LogP contribution >= 0.6 is 0 Å². The molecule has 0 amide bonds. The van der Waals surface area contributed by atoms with Crippen LogP contribution in [-0.4, -0.2) is 23.7 Å². The van der Waals surface area contributed by atoms with Gasteiger partial charge in [-0.05, 0) is 31.0 Å². The average molecular weight is 285 g/mol. The molecular formula is C14H14F3NO2. The highest BCUT2D eigenvalue weighted by Gasteiger charge is 2.36. The van der Waals surface area contributed by atoms with Gasteiger partial charge in [-0.1, -0.05) is 6.08 Å². The number of carbonyl (C=O) groups is 1. The Kier molecular flexibility index (Phi) is 3.74. The summed E-state index contributed by atoms with van der Waals surface area (Å²) in [4.78, 5) is 12.9. The van der Waals surface area contributed by atoms with Gasteiger partial charge in [0.2, 0.25) is 0 Å². The molecular weight excluding hydrogens is 271 g/mol. The first-order chi connectivity index (χ1) is 9.34. The zero-order valence-electron chi connectivity index (χ0n) is 10.7. The minimum atomic E-state index is -4.67. The Morgan fingerprint density at radius 3 is 2.55 bits per heavy atom. The van der Waals surface area contributed by atoms with Gasteiger partial charge in [0.15, 0.2) is 0 Å². The van der Waals surface area contributed by atoms with Crippen LogP contribution in [0.5, 0.6) is 0 Å². The zero-order valence-corrected chi connectivity index (χ0v) is 10.7. The predicted octanol–water partition coefficient (Wildman–Crippen LogP) is 3.56. The molecule has 0 heterocycles. The van der Waals surface area contributed by atoms with E-state index in [1.807, 2.05) is 4.90 Å². The molecule has 3 nitrogen and oxygen atoms in total. The zero-order chi connectivity index (χ0) is 14.9. The molecule has 1 aromatic rings. The third-order valence-corrected chi connectivity index (χ3v) is 3.18. The summed E-state index contributed by atoms with van der Waals surface area (Å²) >= 11 is 0. The number of carboxylic acid groups (broad SMARTS) is 1. The number of nitrogens with zero attached hydrogens (tertiary/aromatic N) is 1. The van der Waals surface area contributed by atoms with Crippen LogP contribution in [0, 0.1) is 0 Å². The minimum Gasteiger partial charge on any atom is -0.478 e. The van der Waals surface area contributed by atoms with Gasteiger partial charge in [-0.3, -0.25) is 0 Å². The summed E-state index contributed by atoms with van der Waals surface area (Å²) in [6.45, 7) is 4.09. The van der Waals surface area contributed by atoms with Gasteiger partial charge in [-0.2, -0.15) is 13.2 Å². The Hall–Kier alpha value is -1.98. The summed E-state index contributed by atoms with van der Waals surface area (Å²) in [6, 6.07) is 3.49. The molecule has 0 radical (unpaired) electrons. The number of carboxylic acids is 1. The van der Waals surface area contributed by atoms with Crippen LogP contribution < -0.4 is 4.90 Å². The van der Waals surface area contributed by atoms with Gasteiger partial charge in [0, 0.05) is 18.3 Å². The van der Waals surface area contributed by atoms with E-state index in [0.717, 1.165) is 25.0 Å². The molecule has 0 aliphatic heterocycles. The standard InChI is InChI=1S/C14H14F3NO2/c1-2-7-18(9-3-4-9)10-5-6-12(14(15,16)17)11(8-10)13(19)20/h2,5-6,8-9H,1,3-4,7H2,(H,19,20). The number of rotatable bonds is 5. The van der Waals surface area contributed by atoms with E-state index in [2.05, 4.69) is 6.58 Å². The summed E-state index contributed by atoms with van der Waals surface area (Å²) in [5.41, 5.74) is -1.36. The molecule has 1 aliphatic carbocycles. The lowest BCUT2D eigenvalue weighted by atomic mass is 10.1. The summed E-state index contributed by atoms with van der Waals surface area (Å²) < 4.78 is 38.3. The van der Waals surface area contributed by atoms with E-state index in [0.29, 0.717) is 12.2 Å². The summed E-state index contributed by atoms with van der Waals surface area (Å²) in [5.74, 6) is -1.58. The first-order valence-corrected chi connectivity index (χ1v) is 6.16. The quantitative estimate of drug-likeness (QED) is 0.841. The van der Waals surface area contributed by atoms with Crippen molar-refractivity contribution in [2.75, 3.05) is 11.4 Å². The lowest BCUT2D eigenvalue weighted by Crippen LogP contribution is -2.26. The SMILES string of the molecule is C=CCN(c1ccc(C(F)(F)F)c(C(=O)O)c1)C1CC1. The first kappa shape index (κ1) is 14.4. The Morgan fingerprint density at radius 1 is 1.45 bits per heavy atom. The van der Waals surface area contributed by atoms with Crippen molar-refractivity contribution in [2.45, 2.75) is 25.1 Å². The molecule has 1 aromatic carbocycles. The van der Waals surface area contributed by atoms with Crippen molar-refractivity contribution in [3.63, 3.8) is 0 Å². The lowest BCUT2D eigenvalue weighted by Gasteiger charge is -2.24. The second-order valence-corrected chi connectivity index (χ2v) is 4.71. The number of alkyl halides is 3. The Bertz CT molecular complexity index is 536. The number of halogens is 3. The molecule has 0 saturated heterocycles. The molecule has 1 fully saturated rings. The van der Waals surface area contributed by atoms with Crippen molar-refractivity contribution in [3.05, 3.63) is 42.0 Å². The summed E-state index contributed by atoms with van der Waals surface area (Å²) in [7, 11) is 0. The molecule has 6 heteroatoms. The molecule has 0 unspecified atom stereocenters. The highest BCUT2D eigenvalue weighted by atomic mass is 19.4. The minimum absolute atomic E-state index is 0.256. The molecule has 20 heavy (non-hydrogen) atoms. The average Bonchev–Trinajstić information content (AvgIpc) is 3.18. The highest BCUT2D eigenvalue weighted by molar-refractivity contribution is 5.91. The lowest BCUT2D eigenvalue weighted by molar-refractivity contribution is -0.138. The number of aromatic carboxylic acids is 1. The Labute approximate surface area is 114 Å². The number of hydrogen-bond acceptors (Lipinski definition) is 2. The van der Waals surface area contributed by atoms with Gasteiger partial charge in [-0.25, -0.2) is 4.79 Å². The Morgan fingerprint density at radius 2 is 2.10 bits per heavy atom. The Balaban J connectivity index is 2.43. The fraction of sp³-hybridized carbons (Fsp3) is 0.357. The van der Waals surface area contributed by atoms with E-state index in [1.165, 1.54) is 6.07 Å². The van der Waals surface area contributed by atoms with Crippen LogP contribution in [0.4, 0.5) is 18.9 Å². The van der Waals surface area contributed by atoms with E-state index in [4.69, 9.17) is 5.11 Å². The first-order valence-electron chi connectivity index (χ1n) is 6.16. The maximum Gasteiger partial charge on any atom is 0.417 e. The van der Waals surface area contributed by atoms with Crippen LogP contribution in [-0.2, 0) is 6.18 Å². The molecule has 0 spiro atoms. The van der Waals surface area contributed by atoms with Gasteiger partial charge in [-0.15, -0.1) is 6.58 Å². The number of anilines is 1. The monoisotopic (exact) mass is 285 g/mol. The predicted molar refractivity (Wildman–Crippen MR) is 69.0 cm³/mol. The van der Waals surface area contributed by atoms with Crippen molar-refractivity contribution < 1.29 is 23.1 Å². The van der Waals surface area contributed by atoms with Crippen LogP contribution in [0.2, 0.25) is 0 Å². The van der Waals surface area contributed by atoms with Gasteiger partial charge < -0.3 is 10.0 Å². The van der Waals surface area contributed by atoms with Gasteiger partial charge in [0.25, 0.3) is 0 Å². The van der Waals surface area contributed by atoms with E-state index in [9.17, 15) is 18.0 Å².